The number of hydrogen-bond donors (Lipinski definition) is 1. The Labute approximate surface area is 151 Å². The molecule has 132 valence electrons. The quantitative estimate of drug-likeness (QED) is 0.609. The summed E-state index contributed by atoms with van der Waals surface area (Å²) < 4.78 is 5.09. The molecular formula is C19H21NO4S. The van der Waals surface area contributed by atoms with E-state index in [1.807, 2.05) is 32.0 Å². The predicted octanol–water partition coefficient (Wildman–Crippen LogP) is 2.97. The highest BCUT2D eigenvalue weighted by Crippen LogP contribution is 2.17. The Balaban J connectivity index is 1.83. The lowest BCUT2D eigenvalue weighted by Crippen LogP contribution is -2.18. The molecule has 1 N–H and O–H groups in total. The normalized spacial score (nSPS) is 10.4. The first kappa shape index (κ1) is 18.9. The van der Waals surface area contributed by atoms with Gasteiger partial charge in [0.15, 0.2) is 6.61 Å². The zero-order chi connectivity index (χ0) is 18.4. The average molecular weight is 359 g/mol. The maximum atomic E-state index is 12.1. The van der Waals surface area contributed by atoms with Crippen molar-refractivity contribution in [3.63, 3.8) is 0 Å². The summed E-state index contributed by atoms with van der Waals surface area (Å²) in [5.74, 6) is -0.791. The van der Waals surface area contributed by atoms with Crippen LogP contribution in [-0.4, -0.2) is 24.3 Å². The van der Waals surface area contributed by atoms with Gasteiger partial charge in [-0.05, 0) is 42.7 Å². The number of Topliss-reactive ketones (excluding diaryl/α,β-unsaturated/α-hetero) is 1. The monoisotopic (exact) mass is 359 g/mol. The fraction of sp³-hybridized carbons (Fsp3) is 0.316. The molecule has 0 atom stereocenters. The van der Waals surface area contributed by atoms with E-state index in [2.05, 4.69) is 5.32 Å². The molecule has 0 fully saturated rings. The predicted molar refractivity (Wildman–Crippen MR) is 96.7 cm³/mol. The van der Waals surface area contributed by atoms with Gasteiger partial charge < -0.3 is 10.1 Å². The molecule has 0 saturated carbocycles. The van der Waals surface area contributed by atoms with Gasteiger partial charge in [0, 0.05) is 11.8 Å². The molecule has 1 amide bonds. The van der Waals surface area contributed by atoms with E-state index >= 15 is 0 Å². The van der Waals surface area contributed by atoms with Gasteiger partial charge in [0.05, 0.1) is 17.8 Å². The SMILES string of the molecule is CC(=O)NCc1ccc(C(=O)COC(=O)Cc2ccc(C)c(C)c2)s1. The number of esters is 1. The van der Waals surface area contributed by atoms with Crippen LogP contribution in [0.15, 0.2) is 30.3 Å². The van der Waals surface area contributed by atoms with Gasteiger partial charge in [-0.15, -0.1) is 11.3 Å². The third kappa shape index (κ3) is 5.83. The number of thiophene rings is 1. The smallest absolute Gasteiger partial charge is 0.310 e. The van der Waals surface area contributed by atoms with E-state index in [0.29, 0.717) is 11.4 Å². The van der Waals surface area contributed by atoms with Gasteiger partial charge in [-0.2, -0.15) is 0 Å². The summed E-state index contributed by atoms with van der Waals surface area (Å²) in [5, 5.41) is 2.67. The van der Waals surface area contributed by atoms with Crippen molar-refractivity contribution in [3.8, 4) is 0 Å². The molecule has 0 spiro atoms. The highest BCUT2D eigenvalue weighted by Gasteiger charge is 2.13. The largest absolute Gasteiger partial charge is 0.457 e. The minimum absolute atomic E-state index is 0.124. The van der Waals surface area contributed by atoms with Crippen LogP contribution < -0.4 is 5.32 Å². The van der Waals surface area contributed by atoms with Gasteiger partial charge >= 0.3 is 5.97 Å². The molecule has 2 rings (SSSR count). The summed E-state index contributed by atoms with van der Waals surface area (Å²) >= 11 is 1.29. The van der Waals surface area contributed by atoms with E-state index in [1.54, 1.807) is 12.1 Å². The molecule has 0 aliphatic heterocycles. The fourth-order valence-corrected chi connectivity index (χ4v) is 3.05. The van der Waals surface area contributed by atoms with E-state index in [1.165, 1.54) is 23.8 Å². The van der Waals surface area contributed by atoms with Crippen LogP contribution in [0.4, 0.5) is 0 Å². The topological polar surface area (TPSA) is 72.5 Å². The molecule has 0 aliphatic carbocycles. The van der Waals surface area contributed by atoms with Crippen LogP contribution in [0, 0.1) is 13.8 Å². The highest BCUT2D eigenvalue weighted by atomic mass is 32.1. The van der Waals surface area contributed by atoms with Gasteiger partial charge in [-0.25, -0.2) is 0 Å². The second-order valence-corrected chi connectivity index (χ2v) is 7.02. The van der Waals surface area contributed by atoms with E-state index < -0.39 is 5.97 Å². The fourth-order valence-electron chi connectivity index (χ4n) is 2.18. The summed E-state index contributed by atoms with van der Waals surface area (Å²) in [5.41, 5.74) is 3.15. The highest BCUT2D eigenvalue weighted by molar-refractivity contribution is 7.14. The van der Waals surface area contributed by atoms with Gasteiger partial charge in [-0.3, -0.25) is 14.4 Å². The van der Waals surface area contributed by atoms with E-state index in [-0.39, 0.29) is 24.7 Å². The Hall–Kier alpha value is -2.47. The molecular weight excluding hydrogens is 338 g/mol. The lowest BCUT2D eigenvalue weighted by Gasteiger charge is -2.06. The number of hydrogen-bond acceptors (Lipinski definition) is 5. The van der Waals surface area contributed by atoms with Crippen molar-refractivity contribution in [1.29, 1.82) is 0 Å². The molecule has 0 unspecified atom stereocenters. The summed E-state index contributed by atoms with van der Waals surface area (Å²) in [4.78, 5) is 36.3. The second-order valence-electron chi connectivity index (χ2n) is 5.85. The Kier molecular flexibility index (Phi) is 6.47. The summed E-state index contributed by atoms with van der Waals surface area (Å²) in [6, 6.07) is 9.27. The molecule has 1 aromatic heterocycles. The minimum atomic E-state index is -0.424. The van der Waals surface area contributed by atoms with Crippen LogP contribution in [0.2, 0.25) is 0 Å². The van der Waals surface area contributed by atoms with Gasteiger partial charge in [0.1, 0.15) is 0 Å². The number of amides is 1. The van der Waals surface area contributed by atoms with Crippen molar-refractivity contribution in [1.82, 2.24) is 5.32 Å². The zero-order valence-electron chi connectivity index (χ0n) is 14.5. The molecule has 2 aromatic rings. The van der Waals surface area contributed by atoms with E-state index in [0.717, 1.165) is 16.0 Å². The van der Waals surface area contributed by atoms with Crippen molar-refractivity contribution in [2.75, 3.05) is 6.61 Å². The van der Waals surface area contributed by atoms with E-state index in [4.69, 9.17) is 4.74 Å². The Morgan fingerprint density at radius 2 is 1.84 bits per heavy atom. The number of aryl methyl sites for hydroxylation is 2. The van der Waals surface area contributed by atoms with Gasteiger partial charge in [-0.1, -0.05) is 18.2 Å². The molecule has 6 heteroatoms. The standard InChI is InChI=1S/C19H21NO4S/c1-12-4-5-15(8-13(12)2)9-19(23)24-11-17(22)18-7-6-16(25-18)10-20-14(3)21/h4-8H,9-11H2,1-3H3,(H,20,21). The molecule has 0 bridgehead atoms. The summed E-state index contributed by atoms with van der Waals surface area (Å²) in [6.07, 6.45) is 0.145. The minimum Gasteiger partial charge on any atom is -0.457 e. The molecule has 0 aliphatic rings. The molecule has 25 heavy (non-hydrogen) atoms. The zero-order valence-corrected chi connectivity index (χ0v) is 15.4. The van der Waals surface area contributed by atoms with Crippen molar-refractivity contribution in [3.05, 3.63) is 56.8 Å². The van der Waals surface area contributed by atoms with Crippen molar-refractivity contribution in [2.45, 2.75) is 33.7 Å². The number of nitrogens with one attached hydrogen (secondary N) is 1. The summed E-state index contributed by atoms with van der Waals surface area (Å²) in [6.45, 7) is 5.55. The number of rotatable bonds is 7. The first-order chi connectivity index (χ1) is 11.8. The molecule has 0 saturated heterocycles. The number of carbonyl (C=O) groups is 3. The van der Waals surface area contributed by atoms with E-state index in [9.17, 15) is 14.4 Å². The van der Waals surface area contributed by atoms with Crippen molar-refractivity contribution in [2.24, 2.45) is 0 Å². The Bertz CT molecular complexity index is 794. The number of ether oxygens (including phenoxy) is 1. The van der Waals surface area contributed by atoms with Crippen molar-refractivity contribution < 1.29 is 19.1 Å². The maximum absolute atomic E-state index is 12.1. The van der Waals surface area contributed by atoms with Crippen molar-refractivity contribution >= 4 is 29.0 Å². The molecule has 1 heterocycles. The Morgan fingerprint density at radius 1 is 1.08 bits per heavy atom. The molecule has 0 radical (unpaired) electrons. The van der Waals surface area contributed by atoms with Crippen LogP contribution in [0.3, 0.4) is 0 Å². The number of benzene rings is 1. The second kappa shape index (κ2) is 8.58. The lowest BCUT2D eigenvalue weighted by molar-refractivity contribution is -0.141. The van der Waals surface area contributed by atoms with Gasteiger partial charge in [0.25, 0.3) is 0 Å². The van der Waals surface area contributed by atoms with Crippen LogP contribution in [0.1, 0.15) is 38.2 Å². The van der Waals surface area contributed by atoms with Gasteiger partial charge in [0.2, 0.25) is 11.7 Å². The first-order valence-corrected chi connectivity index (χ1v) is 8.75. The molecule has 1 aromatic carbocycles. The Morgan fingerprint density at radius 3 is 2.52 bits per heavy atom. The third-order valence-electron chi connectivity index (χ3n) is 3.73. The van der Waals surface area contributed by atoms with Crippen LogP contribution >= 0.6 is 11.3 Å². The number of carbonyl (C=O) groups excluding carboxylic acids is 3. The maximum Gasteiger partial charge on any atom is 0.310 e. The third-order valence-corrected chi connectivity index (χ3v) is 4.86. The average Bonchev–Trinajstić information content (AvgIpc) is 3.03. The van der Waals surface area contributed by atoms with Crippen LogP contribution in [-0.2, 0) is 27.3 Å². The van der Waals surface area contributed by atoms with Crippen LogP contribution in [0.25, 0.3) is 0 Å². The number of ketones is 1. The lowest BCUT2D eigenvalue weighted by atomic mass is 10.0. The first-order valence-electron chi connectivity index (χ1n) is 7.93. The molecule has 5 nitrogen and oxygen atoms in total. The summed E-state index contributed by atoms with van der Waals surface area (Å²) in [7, 11) is 0. The van der Waals surface area contributed by atoms with Crippen LogP contribution in [0.5, 0.6) is 0 Å².